The van der Waals surface area contributed by atoms with Crippen molar-refractivity contribution in [2.45, 2.75) is 32.1 Å². The zero-order chi connectivity index (χ0) is 14.3. The van der Waals surface area contributed by atoms with Crippen molar-refractivity contribution in [3.05, 3.63) is 0 Å². The average molecular weight is 301 g/mol. The molecular weight excluding hydrogens is 278 g/mol. The number of nitrogens with zero attached hydrogens (tertiary/aromatic N) is 2. The third-order valence-electron chi connectivity index (χ3n) is 5.27. The molecule has 2 saturated carbocycles. The molecule has 114 valence electrons. The Labute approximate surface area is 120 Å². The zero-order valence-electron chi connectivity index (χ0n) is 11.7. The predicted molar refractivity (Wildman–Crippen MR) is 74.8 cm³/mol. The van der Waals surface area contributed by atoms with E-state index in [2.05, 4.69) is 0 Å². The molecule has 0 aromatic carbocycles. The van der Waals surface area contributed by atoms with E-state index in [0.717, 1.165) is 11.8 Å². The Hall–Kier alpha value is -0.660. The van der Waals surface area contributed by atoms with Crippen molar-refractivity contribution in [2.24, 2.45) is 22.9 Å². The average Bonchev–Trinajstić information content (AvgIpc) is 3.00. The summed E-state index contributed by atoms with van der Waals surface area (Å²) < 4.78 is 23.7. The maximum absolute atomic E-state index is 12.3. The molecule has 1 amide bonds. The minimum atomic E-state index is -3.61. The topological polar surface area (TPSA) is 83.7 Å². The fraction of sp³-hybridized carbons (Fsp3) is 0.923. The summed E-state index contributed by atoms with van der Waals surface area (Å²) in [6.07, 6.45) is 5.82. The number of hydrogen-bond donors (Lipinski definition) is 1. The smallest absolute Gasteiger partial charge is 0.277 e. The van der Waals surface area contributed by atoms with Crippen molar-refractivity contribution in [3.63, 3.8) is 0 Å². The Morgan fingerprint density at radius 3 is 2.30 bits per heavy atom. The highest BCUT2D eigenvalue weighted by Crippen LogP contribution is 2.49. The molecule has 3 unspecified atom stereocenters. The standard InChI is InChI=1S/C13H23N3O3S/c14-20(18,19)16-5-3-15(4-6-16)13(17)9-12-8-10-1-2-11(12)7-10/h10-12H,1-9H2,(H2,14,18,19). The van der Waals surface area contributed by atoms with E-state index in [9.17, 15) is 13.2 Å². The monoisotopic (exact) mass is 301 g/mol. The number of piperazine rings is 1. The second-order valence-electron chi connectivity index (χ2n) is 6.46. The van der Waals surface area contributed by atoms with Crippen LogP contribution in [0.4, 0.5) is 0 Å². The summed E-state index contributed by atoms with van der Waals surface area (Å²) in [5.74, 6) is 2.38. The number of nitrogens with two attached hydrogens (primary N) is 1. The highest BCUT2D eigenvalue weighted by atomic mass is 32.2. The van der Waals surface area contributed by atoms with E-state index in [0.29, 0.717) is 38.5 Å². The molecular formula is C13H23N3O3S. The van der Waals surface area contributed by atoms with Gasteiger partial charge in [0.25, 0.3) is 10.2 Å². The SMILES string of the molecule is NS(=O)(=O)N1CCN(C(=O)CC2CC3CCC2C3)CC1. The summed E-state index contributed by atoms with van der Waals surface area (Å²) in [4.78, 5) is 14.1. The lowest BCUT2D eigenvalue weighted by Gasteiger charge is -2.34. The first-order chi connectivity index (χ1) is 9.43. The molecule has 3 fully saturated rings. The lowest BCUT2D eigenvalue weighted by atomic mass is 9.86. The van der Waals surface area contributed by atoms with Gasteiger partial charge in [0.1, 0.15) is 0 Å². The lowest BCUT2D eigenvalue weighted by molar-refractivity contribution is -0.133. The number of carbonyl (C=O) groups is 1. The Morgan fingerprint density at radius 2 is 1.80 bits per heavy atom. The molecule has 2 bridgehead atoms. The van der Waals surface area contributed by atoms with Crippen LogP contribution in [0.2, 0.25) is 0 Å². The van der Waals surface area contributed by atoms with Gasteiger partial charge in [-0.1, -0.05) is 6.42 Å². The van der Waals surface area contributed by atoms with E-state index in [4.69, 9.17) is 5.14 Å². The molecule has 7 heteroatoms. The second kappa shape index (κ2) is 5.27. The summed E-state index contributed by atoms with van der Waals surface area (Å²) in [5, 5.41) is 5.10. The van der Waals surface area contributed by atoms with Crippen LogP contribution in [0.5, 0.6) is 0 Å². The van der Waals surface area contributed by atoms with Crippen LogP contribution in [0.3, 0.4) is 0 Å². The highest BCUT2D eigenvalue weighted by molar-refractivity contribution is 7.86. The van der Waals surface area contributed by atoms with Crippen molar-refractivity contribution in [1.82, 2.24) is 9.21 Å². The Balaban J connectivity index is 1.50. The van der Waals surface area contributed by atoms with E-state index in [-0.39, 0.29) is 5.91 Å². The molecule has 1 saturated heterocycles. The van der Waals surface area contributed by atoms with E-state index in [1.807, 2.05) is 0 Å². The summed E-state index contributed by atoms with van der Waals surface area (Å²) in [7, 11) is -3.61. The Morgan fingerprint density at radius 1 is 1.10 bits per heavy atom. The van der Waals surface area contributed by atoms with Gasteiger partial charge in [-0.05, 0) is 37.0 Å². The summed E-state index contributed by atoms with van der Waals surface area (Å²) in [5.41, 5.74) is 0. The van der Waals surface area contributed by atoms with E-state index in [1.165, 1.54) is 30.0 Å². The van der Waals surface area contributed by atoms with Crippen molar-refractivity contribution in [2.75, 3.05) is 26.2 Å². The van der Waals surface area contributed by atoms with Crippen LogP contribution in [0.25, 0.3) is 0 Å². The predicted octanol–water partition coefficient (Wildman–Crippen LogP) is 0.160. The van der Waals surface area contributed by atoms with E-state index >= 15 is 0 Å². The zero-order valence-corrected chi connectivity index (χ0v) is 12.5. The van der Waals surface area contributed by atoms with Crippen LogP contribution in [0.15, 0.2) is 0 Å². The second-order valence-corrected chi connectivity index (χ2v) is 8.01. The fourth-order valence-electron chi connectivity index (χ4n) is 4.17. The van der Waals surface area contributed by atoms with Gasteiger partial charge in [0.2, 0.25) is 5.91 Å². The van der Waals surface area contributed by atoms with E-state index in [1.54, 1.807) is 4.90 Å². The highest BCUT2D eigenvalue weighted by Gasteiger charge is 2.40. The van der Waals surface area contributed by atoms with Gasteiger partial charge in [-0.15, -0.1) is 0 Å². The first kappa shape index (κ1) is 14.3. The van der Waals surface area contributed by atoms with Crippen molar-refractivity contribution in [1.29, 1.82) is 0 Å². The number of rotatable bonds is 3. The first-order valence-electron chi connectivity index (χ1n) is 7.49. The maximum Gasteiger partial charge on any atom is 0.277 e. The number of carbonyl (C=O) groups excluding carboxylic acids is 1. The van der Waals surface area contributed by atoms with Crippen LogP contribution >= 0.6 is 0 Å². The van der Waals surface area contributed by atoms with Gasteiger partial charge in [-0.2, -0.15) is 12.7 Å². The van der Waals surface area contributed by atoms with Gasteiger partial charge < -0.3 is 4.90 Å². The van der Waals surface area contributed by atoms with Crippen LogP contribution in [0, 0.1) is 17.8 Å². The molecule has 2 aliphatic carbocycles. The summed E-state index contributed by atoms with van der Waals surface area (Å²) >= 11 is 0. The minimum absolute atomic E-state index is 0.191. The Bertz CT molecular complexity index is 485. The third-order valence-corrected chi connectivity index (χ3v) is 6.36. The van der Waals surface area contributed by atoms with Crippen LogP contribution < -0.4 is 5.14 Å². The van der Waals surface area contributed by atoms with Crippen LogP contribution in [0.1, 0.15) is 32.1 Å². The molecule has 0 aromatic rings. The minimum Gasteiger partial charge on any atom is -0.340 e. The quantitative estimate of drug-likeness (QED) is 0.806. The molecule has 0 radical (unpaired) electrons. The number of amides is 1. The van der Waals surface area contributed by atoms with Gasteiger partial charge in [-0.3, -0.25) is 4.79 Å². The first-order valence-corrected chi connectivity index (χ1v) is 8.99. The summed E-state index contributed by atoms with van der Waals surface area (Å²) in [6.45, 7) is 1.58. The van der Waals surface area contributed by atoms with Gasteiger partial charge in [0.05, 0.1) is 0 Å². The van der Waals surface area contributed by atoms with Crippen molar-refractivity contribution >= 4 is 16.1 Å². The number of fused-ring (bicyclic) bond motifs is 2. The largest absolute Gasteiger partial charge is 0.340 e. The van der Waals surface area contributed by atoms with Gasteiger partial charge in [0, 0.05) is 32.6 Å². The molecule has 1 aliphatic heterocycles. The molecule has 6 nitrogen and oxygen atoms in total. The van der Waals surface area contributed by atoms with Crippen LogP contribution in [-0.2, 0) is 15.0 Å². The van der Waals surface area contributed by atoms with Crippen LogP contribution in [-0.4, -0.2) is 49.7 Å². The lowest BCUT2D eigenvalue weighted by Crippen LogP contribution is -2.52. The third kappa shape index (κ3) is 2.84. The number of hydrogen-bond acceptors (Lipinski definition) is 3. The maximum atomic E-state index is 12.3. The van der Waals surface area contributed by atoms with Gasteiger partial charge >= 0.3 is 0 Å². The molecule has 20 heavy (non-hydrogen) atoms. The molecule has 1 heterocycles. The molecule has 3 atom stereocenters. The van der Waals surface area contributed by atoms with Gasteiger partial charge in [-0.25, -0.2) is 5.14 Å². The van der Waals surface area contributed by atoms with Crippen molar-refractivity contribution < 1.29 is 13.2 Å². The Kier molecular flexibility index (Phi) is 3.77. The van der Waals surface area contributed by atoms with Crippen molar-refractivity contribution in [3.8, 4) is 0 Å². The molecule has 0 aromatic heterocycles. The summed E-state index contributed by atoms with van der Waals surface area (Å²) in [6, 6.07) is 0. The van der Waals surface area contributed by atoms with Gasteiger partial charge in [0.15, 0.2) is 0 Å². The molecule has 3 aliphatic rings. The normalized spacial score (nSPS) is 34.6. The molecule has 3 rings (SSSR count). The van der Waals surface area contributed by atoms with E-state index < -0.39 is 10.2 Å². The fourth-order valence-corrected chi connectivity index (χ4v) is 4.84. The molecule has 2 N–H and O–H groups in total. The molecule has 0 spiro atoms.